The van der Waals surface area contributed by atoms with Gasteiger partial charge in [-0.2, -0.15) is 0 Å². The number of aryl methyl sites for hydroxylation is 1. The highest BCUT2D eigenvalue weighted by molar-refractivity contribution is 6.05. The van der Waals surface area contributed by atoms with Crippen LogP contribution in [0.1, 0.15) is 5.56 Å². The van der Waals surface area contributed by atoms with E-state index in [1.165, 1.54) is 31.3 Å². The van der Waals surface area contributed by atoms with Gasteiger partial charge < -0.3 is 19.5 Å². The van der Waals surface area contributed by atoms with Crippen molar-refractivity contribution < 1.29 is 24.2 Å². The number of aromatic hydroxyl groups is 1. The lowest BCUT2D eigenvalue weighted by Gasteiger charge is -2.23. The fraction of sp³-hybridized carbons (Fsp3) is 0.176. The summed E-state index contributed by atoms with van der Waals surface area (Å²) in [5.74, 6) is -1.27. The first-order valence-electron chi connectivity index (χ1n) is 6.84. The third-order valence-corrected chi connectivity index (χ3v) is 3.36. The van der Waals surface area contributed by atoms with Crippen molar-refractivity contribution in [1.29, 1.82) is 0 Å². The quantitative estimate of drug-likeness (QED) is 0.862. The van der Waals surface area contributed by atoms with E-state index in [0.29, 0.717) is 11.3 Å². The van der Waals surface area contributed by atoms with Crippen LogP contribution in [0.2, 0.25) is 0 Å². The van der Waals surface area contributed by atoms with Crippen LogP contribution in [0.5, 0.6) is 5.75 Å². The maximum Gasteiger partial charge on any atom is 0.355 e. The number of phenolic OH excluding ortho intramolecular Hbond substituents is 1. The van der Waals surface area contributed by atoms with Crippen molar-refractivity contribution >= 4 is 17.6 Å². The number of methoxy groups -OCH3 is 2. The standard InChI is InChI=1S/C17H17NO5/c1-11-7-8-12(10-14(11)19)18-9-5-4-6-13(16(20)22-2)15(18)17(21)23-3/h4-10,19H,1-3H3. The first-order chi connectivity index (χ1) is 11.0. The van der Waals surface area contributed by atoms with E-state index in [0.717, 1.165) is 0 Å². The SMILES string of the molecule is COC(=O)C1=C(C(=O)OC)N(c2ccc(C)c(O)c2)C=CC=C1. The number of nitrogens with zero attached hydrogens (tertiary/aromatic N) is 1. The van der Waals surface area contributed by atoms with Crippen LogP contribution in [0.25, 0.3) is 0 Å². The van der Waals surface area contributed by atoms with E-state index in [2.05, 4.69) is 0 Å². The van der Waals surface area contributed by atoms with Gasteiger partial charge in [-0.1, -0.05) is 12.1 Å². The van der Waals surface area contributed by atoms with Gasteiger partial charge in [0.05, 0.1) is 19.8 Å². The van der Waals surface area contributed by atoms with Crippen molar-refractivity contribution in [3.05, 3.63) is 59.5 Å². The van der Waals surface area contributed by atoms with E-state index in [1.807, 2.05) is 0 Å². The Balaban J connectivity index is 2.65. The largest absolute Gasteiger partial charge is 0.508 e. The number of ether oxygens (including phenoxy) is 2. The summed E-state index contributed by atoms with van der Waals surface area (Å²) in [6, 6.07) is 4.94. The molecule has 6 nitrogen and oxygen atoms in total. The van der Waals surface area contributed by atoms with Crippen molar-refractivity contribution in [2.24, 2.45) is 0 Å². The molecule has 1 aliphatic rings. The van der Waals surface area contributed by atoms with E-state index in [9.17, 15) is 14.7 Å². The molecule has 1 aromatic rings. The molecular formula is C17H17NO5. The van der Waals surface area contributed by atoms with Crippen LogP contribution in [0, 0.1) is 6.92 Å². The molecule has 23 heavy (non-hydrogen) atoms. The summed E-state index contributed by atoms with van der Waals surface area (Å²) in [7, 11) is 2.46. The van der Waals surface area contributed by atoms with Gasteiger partial charge in [-0.15, -0.1) is 0 Å². The molecule has 0 fully saturated rings. The average molecular weight is 315 g/mol. The highest BCUT2D eigenvalue weighted by atomic mass is 16.5. The van der Waals surface area contributed by atoms with Gasteiger partial charge in [-0.05, 0) is 30.7 Å². The minimum Gasteiger partial charge on any atom is -0.508 e. The molecule has 2 rings (SSSR count). The minimum atomic E-state index is -0.693. The van der Waals surface area contributed by atoms with Crippen molar-refractivity contribution in [3.8, 4) is 5.75 Å². The van der Waals surface area contributed by atoms with E-state index in [4.69, 9.17) is 9.47 Å². The van der Waals surface area contributed by atoms with E-state index < -0.39 is 11.9 Å². The predicted octanol–water partition coefficient (Wildman–Crippen LogP) is 2.19. The van der Waals surface area contributed by atoms with E-state index in [-0.39, 0.29) is 17.0 Å². The number of esters is 2. The molecule has 0 aliphatic carbocycles. The highest BCUT2D eigenvalue weighted by Crippen LogP contribution is 2.30. The topological polar surface area (TPSA) is 76.1 Å². The summed E-state index contributed by atoms with van der Waals surface area (Å²) in [6.45, 7) is 1.76. The van der Waals surface area contributed by atoms with Gasteiger partial charge in [0.2, 0.25) is 0 Å². The first kappa shape index (κ1) is 16.4. The number of allylic oxidation sites excluding steroid dienone is 2. The molecule has 0 bridgehead atoms. The number of benzene rings is 1. The van der Waals surface area contributed by atoms with Crippen molar-refractivity contribution in [2.45, 2.75) is 6.92 Å². The zero-order chi connectivity index (χ0) is 17.0. The highest BCUT2D eigenvalue weighted by Gasteiger charge is 2.27. The van der Waals surface area contributed by atoms with Crippen LogP contribution in [0.15, 0.2) is 53.9 Å². The second-order valence-electron chi connectivity index (χ2n) is 4.79. The Morgan fingerprint density at radius 2 is 1.78 bits per heavy atom. The summed E-state index contributed by atoms with van der Waals surface area (Å²) in [5, 5.41) is 9.91. The number of carbonyl (C=O) groups excluding carboxylic acids is 2. The maximum absolute atomic E-state index is 12.2. The van der Waals surface area contributed by atoms with E-state index in [1.54, 1.807) is 37.4 Å². The van der Waals surface area contributed by atoms with Crippen LogP contribution in [-0.4, -0.2) is 31.3 Å². The Bertz CT molecular complexity index is 730. The maximum atomic E-state index is 12.2. The fourth-order valence-electron chi connectivity index (χ4n) is 2.11. The number of carbonyl (C=O) groups is 2. The zero-order valence-corrected chi connectivity index (χ0v) is 13.1. The molecule has 0 aromatic heterocycles. The Labute approximate surface area is 133 Å². The number of hydrogen-bond acceptors (Lipinski definition) is 6. The number of anilines is 1. The van der Waals surface area contributed by atoms with Crippen LogP contribution in [0.3, 0.4) is 0 Å². The summed E-state index contributed by atoms with van der Waals surface area (Å²) in [4.78, 5) is 25.7. The van der Waals surface area contributed by atoms with Crippen molar-refractivity contribution in [3.63, 3.8) is 0 Å². The minimum absolute atomic E-state index is 0.00704. The monoisotopic (exact) mass is 315 g/mol. The van der Waals surface area contributed by atoms with Gasteiger partial charge >= 0.3 is 11.9 Å². The normalized spacial score (nSPS) is 13.8. The second-order valence-corrected chi connectivity index (χ2v) is 4.79. The Hall–Kier alpha value is -3.02. The number of rotatable bonds is 3. The predicted molar refractivity (Wildman–Crippen MR) is 84.7 cm³/mol. The second kappa shape index (κ2) is 6.83. The molecule has 120 valence electrons. The summed E-state index contributed by atoms with van der Waals surface area (Å²) in [6.07, 6.45) is 6.35. The summed E-state index contributed by atoms with van der Waals surface area (Å²) in [5.41, 5.74) is 1.27. The molecule has 0 atom stereocenters. The lowest BCUT2D eigenvalue weighted by Crippen LogP contribution is -2.26. The van der Waals surface area contributed by atoms with Gasteiger partial charge in [0.25, 0.3) is 0 Å². The smallest absolute Gasteiger partial charge is 0.355 e. The molecule has 1 heterocycles. The zero-order valence-electron chi connectivity index (χ0n) is 13.1. The third kappa shape index (κ3) is 3.26. The molecular weight excluding hydrogens is 298 g/mol. The molecule has 0 saturated carbocycles. The van der Waals surface area contributed by atoms with Gasteiger partial charge in [0.1, 0.15) is 11.4 Å². The summed E-state index contributed by atoms with van der Waals surface area (Å²) < 4.78 is 9.54. The van der Waals surface area contributed by atoms with Gasteiger partial charge in [-0.3, -0.25) is 0 Å². The van der Waals surface area contributed by atoms with E-state index >= 15 is 0 Å². The molecule has 0 radical (unpaired) electrons. The summed E-state index contributed by atoms with van der Waals surface area (Å²) >= 11 is 0. The van der Waals surface area contributed by atoms with Crippen LogP contribution < -0.4 is 4.90 Å². The number of hydrogen-bond donors (Lipinski definition) is 1. The van der Waals surface area contributed by atoms with Gasteiger partial charge in [-0.25, -0.2) is 9.59 Å². The molecule has 0 saturated heterocycles. The Morgan fingerprint density at radius 1 is 1.09 bits per heavy atom. The molecule has 1 aromatic carbocycles. The fourth-order valence-corrected chi connectivity index (χ4v) is 2.11. The molecule has 0 unspecified atom stereocenters. The molecule has 0 amide bonds. The Morgan fingerprint density at radius 3 is 2.39 bits per heavy atom. The lowest BCUT2D eigenvalue weighted by molar-refractivity contribution is -0.139. The van der Waals surface area contributed by atoms with Gasteiger partial charge in [0, 0.05) is 18.0 Å². The molecule has 0 spiro atoms. The first-order valence-corrected chi connectivity index (χ1v) is 6.84. The van der Waals surface area contributed by atoms with Crippen molar-refractivity contribution in [2.75, 3.05) is 19.1 Å². The molecule has 1 aliphatic heterocycles. The molecule has 6 heteroatoms. The third-order valence-electron chi connectivity index (χ3n) is 3.36. The van der Waals surface area contributed by atoms with Crippen LogP contribution >= 0.6 is 0 Å². The van der Waals surface area contributed by atoms with Crippen molar-refractivity contribution in [1.82, 2.24) is 0 Å². The number of phenols is 1. The average Bonchev–Trinajstić information content (AvgIpc) is 2.78. The van der Waals surface area contributed by atoms with Gasteiger partial charge in [0.15, 0.2) is 0 Å². The molecule has 1 N–H and O–H groups in total. The lowest BCUT2D eigenvalue weighted by atomic mass is 10.1. The van der Waals surface area contributed by atoms with Crippen LogP contribution in [-0.2, 0) is 19.1 Å². The van der Waals surface area contributed by atoms with Crippen LogP contribution in [0.4, 0.5) is 5.69 Å². The Kier molecular flexibility index (Phi) is 4.85.